The molecular weight excluding hydrogens is 392 g/mol. The van der Waals surface area contributed by atoms with Crippen LogP contribution in [0.4, 0.5) is 9.59 Å². The molecule has 0 aromatic rings. The lowest BCUT2D eigenvalue weighted by Crippen LogP contribution is -2.66. The fourth-order valence-corrected chi connectivity index (χ4v) is 2.35. The van der Waals surface area contributed by atoms with Gasteiger partial charge < -0.3 is 25.0 Å². The second kappa shape index (κ2) is 10.5. The molecular formula is C21H28N2O7. The highest BCUT2D eigenvalue weighted by Gasteiger charge is 2.49. The number of carboxylic acids is 1. The molecule has 1 aliphatic rings. The summed E-state index contributed by atoms with van der Waals surface area (Å²) >= 11 is 0. The van der Waals surface area contributed by atoms with Crippen molar-refractivity contribution in [2.75, 3.05) is 19.7 Å². The highest BCUT2D eigenvalue weighted by Crippen LogP contribution is 2.27. The number of alkyl carbamates (subject to hydrolysis) is 1. The van der Waals surface area contributed by atoms with E-state index < -0.39 is 42.0 Å². The van der Waals surface area contributed by atoms with Gasteiger partial charge in [-0.15, -0.1) is 0 Å². The van der Waals surface area contributed by atoms with E-state index in [1.165, 1.54) is 4.90 Å². The molecule has 3 N–H and O–H groups in total. The summed E-state index contributed by atoms with van der Waals surface area (Å²) in [6, 6.07) is -1.32. The summed E-state index contributed by atoms with van der Waals surface area (Å²) in [6.45, 7) is 11.9. The Hall–Kier alpha value is -3.25. The Balaban J connectivity index is 2.94. The van der Waals surface area contributed by atoms with Crippen LogP contribution in [-0.4, -0.2) is 70.2 Å². The monoisotopic (exact) mass is 420 g/mol. The number of amides is 2. The minimum absolute atomic E-state index is 0.0570. The van der Waals surface area contributed by atoms with Gasteiger partial charge in [0.05, 0.1) is 13.1 Å². The van der Waals surface area contributed by atoms with Crippen molar-refractivity contribution in [3.8, 4) is 11.8 Å². The summed E-state index contributed by atoms with van der Waals surface area (Å²) in [5, 5.41) is 20.2. The molecule has 0 aromatic carbocycles. The average molecular weight is 420 g/mol. The summed E-state index contributed by atoms with van der Waals surface area (Å²) in [5.74, 6) is 4.23. The number of ether oxygens (including phenoxy) is 2. The summed E-state index contributed by atoms with van der Waals surface area (Å²) in [7, 11) is 0. The fourth-order valence-electron chi connectivity index (χ4n) is 2.35. The van der Waals surface area contributed by atoms with Crippen LogP contribution in [-0.2, 0) is 14.3 Å². The molecule has 1 heterocycles. The van der Waals surface area contributed by atoms with Crippen LogP contribution in [0.25, 0.3) is 0 Å². The van der Waals surface area contributed by atoms with E-state index in [4.69, 9.17) is 19.7 Å². The van der Waals surface area contributed by atoms with Gasteiger partial charge in [0.2, 0.25) is 5.60 Å². The Kier molecular flexibility index (Phi) is 8.68. The van der Waals surface area contributed by atoms with Crippen molar-refractivity contribution in [2.45, 2.75) is 44.4 Å². The van der Waals surface area contributed by atoms with Crippen molar-refractivity contribution in [2.24, 2.45) is 0 Å². The molecule has 9 heteroatoms. The summed E-state index contributed by atoms with van der Waals surface area (Å²) in [4.78, 5) is 36.9. The van der Waals surface area contributed by atoms with E-state index in [2.05, 4.69) is 30.3 Å². The highest BCUT2D eigenvalue weighted by molar-refractivity contribution is 5.80. The van der Waals surface area contributed by atoms with Crippen molar-refractivity contribution in [1.82, 2.24) is 10.2 Å². The first-order chi connectivity index (χ1) is 13.9. The van der Waals surface area contributed by atoms with Crippen LogP contribution >= 0.6 is 0 Å². The number of hydrogen-bond acceptors (Lipinski definition) is 6. The zero-order chi connectivity index (χ0) is 22.9. The van der Waals surface area contributed by atoms with E-state index in [-0.39, 0.29) is 19.5 Å². The molecule has 2 amide bonds. The van der Waals surface area contributed by atoms with E-state index in [0.29, 0.717) is 5.57 Å². The second-order valence-electron chi connectivity index (χ2n) is 7.64. The Labute approximate surface area is 176 Å². The minimum atomic E-state index is -1.35. The van der Waals surface area contributed by atoms with Gasteiger partial charge in [-0.1, -0.05) is 31.2 Å². The Morgan fingerprint density at radius 2 is 1.97 bits per heavy atom. The first-order valence-corrected chi connectivity index (χ1v) is 9.23. The zero-order valence-corrected chi connectivity index (χ0v) is 17.4. The fraction of sp³-hybridized carbons (Fsp3) is 0.476. The normalized spacial score (nSPS) is 15.8. The van der Waals surface area contributed by atoms with Crippen LogP contribution in [0.1, 0.15) is 27.2 Å². The first-order valence-electron chi connectivity index (χ1n) is 9.23. The minimum Gasteiger partial charge on any atom is -0.480 e. The SMILES string of the molecule is C=C/C=C\C(=C)C#CC1(OC(=O)NC(CCO)C(=O)O)CN(C(=O)OC(C)(C)C)C1. The zero-order valence-electron chi connectivity index (χ0n) is 17.4. The van der Waals surface area contributed by atoms with Crippen molar-refractivity contribution < 1.29 is 34.1 Å². The van der Waals surface area contributed by atoms with Gasteiger partial charge in [0.25, 0.3) is 0 Å². The van der Waals surface area contributed by atoms with Crippen LogP contribution in [0.3, 0.4) is 0 Å². The number of aliphatic carboxylic acids is 1. The number of rotatable bonds is 7. The van der Waals surface area contributed by atoms with E-state index in [1.807, 2.05) is 0 Å². The number of nitrogens with one attached hydrogen (secondary N) is 1. The number of carboxylic acid groups (broad SMARTS) is 1. The molecule has 0 aromatic heterocycles. The molecule has 0 aliphatic carbocycles. The van der Waals surface area contributed by atoms with Gasteiger partial charge in [0, 0.05) is 18.6 Å². The molecule has 1 atom stereocenters. The molecule has 0 radical (unpaired) electrons. The number of aliphatic hydroxyl groups excluding tert-OH is 1. The number of likely N-dealkylation sites (tertiary alicyclic amines) is 1. The average Bonchev–Trinajstić information content (AvgIpc) is 2.59. The Bertz CT molecular complexity index is 777. The third kappa shape index (κ3) is 8.01. The molecule has 0 saturated carbocycles. The van der Waals surface area contributed by atoms with Crippen LogP contribution in [0.2, 0.25) is 0 Å². The molecule has 0 bridgehead atoms. The maximum Gasteiger partial charge on any atom is 0.410 e. The van der Waals surface area contributed by atoms with Crippen LogP contribution in [0.5, 0.6) is 0 Å². The number of carbonyl (C=O) groups is 3. The second-order valence-corrected chi connectivity index (χ2v) is 7.64. The summed E-state index contributed by atoms with van der Waals surface area (Å²) in [5.41, 5.74) is -1.62. The Morgan fingerprint density at radius 1 is 1.33 bits per heavy atom. The van der Waals surface area contributed by atoms with Gasteiger partial charge in [-0.3, -0.25) is 4.90 Å². The number of nitrogens with zero attached hydrogens (tertiary/aromatic N) is 1. The van der Waals surface area contributed by atoms with Crippen molar-refractivity contribution in [1.29, 1.82) is 0 Å². The molecule has 1 fully saturated rings. The molecule has 1 saturated heterocycles. The molecule has 164 valence electrons. The standard InChI is InChI=1S/C21H28N2O7/c1-6-7-8-15(2)9-11-21(13-23(14-21)19(28)30-20(3,4)5)29-18(27)22-16(10-12-24)17(25)26/h6-8,16,24H,1-2,10,12-14H2,3-5H3,(H,22,27)(H,25,26)/b8-7-. The first kappa shape index (κ1) is 24.8. The van der Waals surface area contributed by atoms with Gasteiger partial charge in [-0.25, -0.2) is 14.4 Å². The van der Waals surface area contributed by atoms with Gasteiger partial charge in [-0.05, 0) is 32.8 Å². The molecule has 9 nitrogen and oxygen atoms in total. The maximum atomic E-state index is 12.2. The van der Waals surface area contributed by atoms with Gasteiger partial charge in [-0.2, -0.15) is 0 Å². The molecule has 0 spiro atoms. The number of carbonyl (C=O) groups excluding carboxylic acids is 2. The lowest BCUT2D eigenvalue weighted by molar-refractivity contribution is -0.140. The van der Waals surface area contributed by atoms with Crippen molar-refractivity contribution in [3.05, 3.63) is 37.0 Å². The lowest BCUT2D eigenvalue weighted by Gasteiger charge is -2.45. The summed E-state index contributed by atoms with van der Waals surface area (Å²) < 4.78 is 10.6. The van der Waals surface area contributed by atoms with Crippen LogP contribution < -0.4 is 5.32 Å². The molecule has 30 heavy (non-hydrogen) atoms. The van der Waals surface area contributed by atoms with Crippen molar-refractivity contribution in [3.63, 3.8) is 0 Å². The number of allylic oxidation sites excluding steroid dienone is 4. The maximum absolute atomic E-state index is 12.2. The lowest BCUT2D eigenvalue weighted by atomic mass is 9.94. The predicted octanol–water partition coefficient (Wildman–Crippen LogP) is 1.84. The smallest absolute Gasteiger partial charge is 0.410 e. The molecule has 1 unspecified atom stereocenters. The number of hydrogen-bond donors (Lipinski definition) is 3. The third-order valence-corrected chi connectivity index (χ3v) is 3.72. The molecule has 1 rings (SSSR count). The largest absolute Gasteiger partial charge is 0.480 e. The van der Waals surface area contributed by atoms with E-state index in [0.717, 1.165) is 0 Å². The third-order valence-electron chi connectivity index (χ3n) is 3.72. The topological polar surface area (TPSA) is 125 Å². The predicted molar refractivity (Wildman–Crippen MR) is 110 cm³/mol. The van der Waals surface area contributed by atoms with Gasteiger partial charge in [0.15, 0.2) is 0 Å². The van der Waals surface area contributed by atoms with Crippen LogP contribution in [0, 0.1) is 11.8 Å². The molecule has 1 aliphatic heterocycles. The van der Waals surface area contributed by atoms with Crippen molar-refractivity contribution >= 4 is 18.2 Å². The Morgan fingerprint density at radius 3 is 2.47 bits per heavy atom. The van der Waals surface area contributed by atoms with E-state index in [9.17, 15) is 14.4 Å². The van der Waals surface area contributed by atoms with Crippen LogP contribution in [0.15, 0.2) is 37.0 Å². The summed E-state index contributed by atoms with van der Waals surface area (Å²) in [6.07, 6.45) is 3.00. The van der Waals surface area contributed by atoms with E-state index in [1.54, 1.807) is 39.0 Å². The number of aliphatic hydroxyl groups is 1. The van der Waals surface area contributed by atoms with E-state index >= 15 is 0 Å². The van der Waals surface area contributed by atoms with Gasteiger partial charge in [0.1, 0.15) is 11.6 Å². The quantitative estimate of drug-likeness (QED) is 0.424. The highest BCUT2D eigenvalue weighted by atomic mass is 16.6. The van der Waals surface area contributed by atoms with Gasteiger partial charge >= 0.3 is 18.2 Å².